The average Bonchev–Trinajstić information content (AvgIpc) is 3.34. The molecule has 1 saturated heterocycles. The number of benzene rings is 1. The number of hydrogen-bond acceptors (Lipinski definition) is 8. The number of hydrogen-bond donors (Lipinski definition) is 1. The first kappa shape index (κ1) is 25.9. The van der Waals surface area contributed by atoms with Crippen LogP contribution in [0.5, 0.6) is 11.6 Å². The molecule has 0 aliphatic carbocycles. The molecule has 2 aromatic rings. The van der Waals surface area contributed by atoms with Crippen LogP contribution in [-0.2, 0) is 9.53 Å². The summed E-state index contributed by atoms with van der Waals surface area (Å²) < 4.78 is 16.6. The molecule has 0 radical (unpaired) electrons. The maximum Gasteiger partial charge on any atom is 0.265 e. The number of carbonyl (C=O) groups is 1. The molecule has 6 rings (SSSR count). The van der Waals surface area contributed by atoms with E-state index in [0.29, 0.717) is 42.8 Å². The molecule has 39 heavy (non-hydrogen) atoms. The number of nitrogens with one attached hydrogen (secondary N) is 1. The number of pyridine rings is 1. The van der Waals surface area contributed by atoms with Crippen molar-refractivity contribution in [1.82, 2.24) is 20.1 Å². The van der Waals surface area contributed by atoms with Crippen molar-refractivity contribution < 1.29 is 19.0 Å². The maximum atomic E-state index is 13.6. The van der Waals surface area contributed by atoms with Crippen LogP contribution < -0.4 is 19.7 Å². The number of anilines is 1. The summed E-state index contributed by atoms with van der Waals surface area (Å²) in [6, 6.07) is 8.98. The average molecular weight is 570 g/mol. The molecule has 1 aromatic heterocycles. The first-order valence-corrected chi connectivity index (χ1v) is 13.6. The highest BCUT2D eigenvalue weighted by Crippen LogP contribution is 2.42. The summed E-state index contributed by atoms with van der Waals surface area (Å²) in [7, 11) is 1.58. The molecule has 5 heterocycles. The fourth-order valence-electron chi connectivity index (χ4n) is 5.38. The van der Waals surface area contributed by atoms with Crippen LogP contribution in [0.2, 0.25) is 5.02 Å². The van der Waals surface area contributed by atoms with Gasteiger partial charge in [-0.25, -0.2) is 4.98 Å². The minimum absolute atomic E-state index is 0.0287. The Bertz CT molecular complexity index is 1340. The van der Waals surface area contributed by atoms with Gasteiger partial charge in [-0.1, -0.05) is 29.3 Å². The molecule has 0 spiro atoms. The molecule has 0 saturated carbocycles. The minimum atomic E-state index is -0.401. The van der Waals surface area contributed by atoms with Crippen LogP contribution in [0.3, 0.4) is 0 Å². The van der Waals surface area contributed by atoms with E-state index in [4.69, 9.17) is 37.4 Å². The van der Waals surface area contributed by atoms with Gasteiger partial charge in [0, 0.05) is 55.2 Å². The van der Waals surface area contributed by atoms with Gasteiger partial charge in [0.1, 0.15) is 18.0 Å². The second-order valence-electron chi connectivity index (χ2n) is 9.62. The lowest BCUT2D eigenvalue weighted by atomic mass is 9.98. The lowest BCUT2D eigenvalue weighted by Crippen LogP contribution is -2.43. The predicted octanol–water partition coefficient (Wildman–Crippen LogP) is 4.03. The maximum absolute atomic E-state index is 13.6. The molecule has 1 aromatic carbocycles. The third-order valence-corrected chi connectivity index (χ3v) is 7.94. The number of allylic oxidation sites excluding steroid dienone is 1. The monoisotopic (exact) mass is 569 g/mol. The predicted molar refractivity (Wildman–Crippen MR) is 149 cm³/mol. The van der Waals surface area contributed by atoms with Gasteiger partial charge in [-0.05, 0) is 35.9 Å². The molecule has 1 amide bonds. The minimum Gasteiger partial charge on any atom is -0.482 e. The standard InChI is InChI=1S/C28H29Cl2N5O4/c1-37-25-5-2-18(16-31-25)27-28-22(32-24-14-19(29)6-8-34(24)28)7-9-35(27)26(36)17-39-23-4-3-20(15-21(23)30)33-10-12-38-13-11-33/h2-7,9,15-16,24,27,32H,8,10-14,17H2,1H3/t24?,27-/m1/s1. The third-order valence-electron chi connectivity index (χ3n) is 7.34. The molecule has 9 nitrogen and oxygen atoms in total. The van der Waals surface area contributed by atoms with E-state index in [1.165, 1.54) is 0 Å². The van der Waals surface area contributed by atoms with E-state index in [2.05, 4.69) is 20.1 Å². The highest BCUT2D eigenvalue weighted by Gasteiger charge is 2.42. The molecule has 204 valence electrons. The van der Waals surface area contributed by atoms with Crippen LogP contribution in [0.15, 0.2) is 71.3 Å². The lowest BCUT2D eigenvalue weighted by molar-refractivity contribution is -0.132. The Labute approximate surface area is 237 Å². The van der Waals surface area contributed by atoms with Gasteiger partial charge in [0.05, 0.1) is 36.7 Å². The van der Waals surface area contributed by atoms with Crippen molar-refractivity contribution >= 4 is 34.8 Å². The zero-order valence-electron chi connectivity index (χ0n) is 21.5. The number of morpholine rings is 1. The number of methoxy groups -OCH3 is 1. The normalized spacial score (nSPS) is 22.2. The first-order valence-electron chi connectivity index (χ1n) is 12.9. The van der Waals surface area contributed by atoms with E-state index >= 15 is 0 Å². The van der Waals surface area contributed by atoms with Crippen molar-refractivity contribution in [2.24, 2.45) is 0 Å². The number of amides is 1. The third kappa shape index (κ3) is 5.14. The molecule has 2 atom stereocenters. The molecule has 11 heteroatoms. The molecule has 1 N–H and O–H groups in total. The van der Waals surface area contributed by atoms with Crippen molar-refractivity contribution in [3.8, 4) is 11.6 Å². The molecule has 4 aliphatic rings. The molecular weight excluding hydrogens is 541 g/mol. The van der Waals surface area contributed by atoms with Crippen LogP contribution in [0.4, 0.5) is 5.69 Å². The van der Waals surface area contributed by atoms with Gasteiger partial charge in [-0.3, -0.25) is 4.79 Å². The number of ether oxygens (including phenoxy) is 3. The first-order chi connectivity index (χ1) is 19.0. The van der Waals surface area contributed by atoms with Crippen molar-refractivity contribution in [2.75, 3.05) is 51.5 Å². The Morgan fingerprint density at radius 3 is 2.79 bits per heavy atom. The van der Waals surface area contributed by atoms with Crippen molar-refractivity contribution in [3.05, 3.63) is 81.9 Å². The Morgan fingerprint density at radius 1 is 1.21 bits per heavy atom. The Hall–Kier alpha value is -3.40. The summed E-state index contributed by atoms with van der Waals surface area (Å²) in [4.78, 5) is 24.2. The summed E-state index contributed by atoms with van der Waals surface area (Å²) >= 11 is 12.9. The number of aromatic nitrogens is 1. The Kier molecular flexibility index (Phi) is 7.29. The molecule has 1 fully saturated rings. The summed E-state index contributed by atoms with van der Waals surface area (Å²) in [5.74, 6) is 0.760. The van der Waals surface area contributed by atoms with E-state index < -0.39 is 6.04 Å². The van der Waals surface area contributed by atoms with Gasteiger partial charge in [-0.15, -0.1) is 0 Å². The van der Waals surface area contributed by atoms with E-state index in [0.717, 1.165) is 40.8 Å². The SMILES string of the molecule is COc1ccc([C@@H]2C3=C(C=CN2C(=O)COc2ccc(N4CCOCC4)cc2Cl)NC2CC(Cl)=CCN32)cn1. The highest BCUT2D eigenvalue weighted by atomic mass is 35.5. The quantitative estimate of drug-likeness (QED) is 0.558. The fraction of sp³-hybridized carbons (Fsp3) is 0.357. The zero-order chi connectivity index (χ0) is 26.9. The van der Waals surface area contributed by atoms with Crippen molar-refractivity contribution in [2.45, 2.75) is 18.6 Å². The smallest absolute Gasteiger partial charge is 0.265 e. The Balaban J connectivity index is 1.23. The summed E-state index contributed by atoms with van der Waals surface area (Å²) in [6.45, 7) is 3.47. The molecule has 4 aliphatic heterocycles. The lowest BCUT2D eigenvalue weighted by Gasteiger charge is -2.38. The topological polar surface area (TPSA) is 79.4 Å². The second-order valence-corrected chi connectivity index (χ2v) is 10.5. The van der Waals surface area contributed by atoms with Gasteiger partial charge in [-0.2, -0.15) is 0 Å². The van der Waals surface area contributed by atoms with Gasteiger partial charge >= 0.3 is 0 Å². The van der Waals surface area contributed by atoms with E-state index in [-0.39, 0.29) is 18.7 Å². The zero-order valence-corrected chi connectivity index (χ0v) is 23.0. The summed E-state index contributed by atoms with van der Waals surface area (Å²) in [6.07, 6.45) is 8.19. The fourth-order valence-corrected chi connectivity index (χ4v) is 5.82. The van der Waals surface area contributed by atoms with E-state index in [1.807, 2.05) is 36.4 Å². The van der Waals surface area contributed by atoms with Crippen LogP contribution in [0, 0.1) is 0 Å². The van der Waals surface area contributed by atoms with Crippen LogP contribution >= 0.6 is 23.2 Å². The number of nitrogens with zero attached hydrogens (tertiary/aromatic N) is 4. The van der Waals surface area contributed by atoms with Crippen LogP contribution in [-0.4, -0.2) is 73.4 Å². The molecular formula is C28H29Cl2N5O4. The van der Waals surface area contributed by atoms with Gasteiger partial charge in [0.2, 0.25) is 5.88 Å². The molecule has 0 bridgehead atoms. The van der Waals surface area contributed by atoms with E-state index in [9.17, 15) is 4.79 Å². The van der Waals surface area contributed by atoms with Crippen LogP contribution in [0.25, 0.3) is 0 Å². The van der Waals surface area contributed by atoms with Gasteiger partial charge < -0.3 is 34.2 Å². The number of halogens is 2. The Morgan fingerprint density at radius 2 is 2.05 bits per heavy atom. The summed E-state index contributed by atoms with van der Waals surface area (Å²) in [5, 5.41) is 4.84. The van der Waals surface area contributed by atoms with Crippen molar-refractivity contribution in [1.29, 1.82) is 0 Å². The number of rotatable bonds is 6. The highest BCUT2D eigenvalue weighted by molar-refractivity contribution is 6.32. The largest absolute Gasteiger partial charge is 0.482 e. The van der Waals surface area contributed by atoms with E-state index in [1.54, 1.807) is 30.5 Å². The van der Waals surface area contributed by atoms with Crippen LogP contribution in [0.1, 0.15) is 18.0 Å². The number of fused-ring (bicyclic) bond motifs is 2. The van der Waals surface area contributed by atoms with Gasteiger partial charge in [0.25, 0.3) is 5.91 Å². The van der Waals surface area contributed by atoms with Crippen molar-refractivity contribution in [3.63, 3.8) is 0 Å². The summed E-state index contributed by atoms with van der Waals surface area (Å²) in [5.41, 5.74) is 3.83. The number of carbonyl (C=O) groups excluding carboxylic acids is 1. The van der Waals surface area contributed by atoms with Gasteiger partial charge in [0.15, 0.2) is 6.61 Å². The second kappa shape index (κ2) is 11.0. The molecule has 1 unspecified atom stereocenters.